The number of thioether (sulfide) groups is 1. The zero-order valence-corrected chi connectivity index (χ0v) is 13.7. The van der Waals surface area contributed by atoms with Crippen molar-refractivity contribution in [1.29, 1.82) is 0 Å². The van der Waals surface area contributed by atoms with Gasteiger partial charge in [-0.25, -0.2) is 8.98 Å². The molecule has 0 aromatic heterocycles. The largest absolute Gasteiger partial charge is 0.523 e. The molecule has 0 unspecified atom stereocenters. The highest BCUT2D eigenvalue weighted by Gasteiger charge is 2.61. The average Bonchev–Trinajstić information content (AvgIpc) is 3.11. The third-order valence-corrected chi connectivity index (χ3v) is 6.31. The van der Waals surface area contributed by atoms with E-state index in [-0.39, 0.29) is 12.2 Å². The second-order valence-electron chi connectivity index (χ2n) is 5.37. The maximum atomic E-state index is 12.5. The van der Waals surface area contributed by atoms with Crippen LogP contribution in [0.5, 0.6) is 0 Å². The van der Waals surface area contributed by atoms with E-state index in [1.54, 1.807) is 0 Å². The number of epoxide rings is 1. The van der Waals surface area contributed by atoms with Crippen molar-refractivity contribution in [2.45, 2.75) is 41.7 Å². The number of alkyl halides is 3. The summed E-state index contributed by atoms with van der Waals surface area (Å²) < 4.78 is 73.9. The number of methoxy groups -OCH3 is 1. The molecule has 13 heteroatoms. The molecule has 136 valence electrons. The van der Waals surface area contributed by atoms with E-state index in [0.717, 1.165) is 12.0 Å². The van der Waals surface area contributed by atoms with E-state index in [1.165, 1.54) is 11.8 Å². The predicted molar refractivity (Wildman–Crippen MR) is 72.0 cm³/mol. The van der Waals surface area contributed by atoms with Crippen molar-refractivity contribution < 1.29 is 44.8 Å². The Morgan fingerprint density at radius 1 is 1.42 bits per heavy atom. The molecule has 24 heavy (non-hydrogen) atoms. The van der Waals surface area contributed by atoms with E-state index < -0.39 is 57.2 Å². The smallest absolute Gasteiger partial charge is 0.467 e. The topological polar surface area (TPSA) is 103 Å². The maximum absolute atomic E-state index is 12.5. The normalized spacial score (nSPS) is 35.9. The van der Waals surface area contributed by atoms with Gasteiger partial charge in [0.25, 0.3) is 5.91 Å². The number of nitrogens with zero attached hydrogens (tertiary/aromatic N) is 1. The predicted octanol–water partition coefficient (Wildman–Crippen LogP) is -0.165. The molecule has 0 aromatic carbocycles. The van der Waals surface area contributed by atoms with E-state index in [9.17, 15) is 31.2 Å². The zero-order valence-electron chi connectivity index (χ0n) is 12.1. The van der Waals surface area contributed by atoms with Crippen LogP contribution in [-0.2, 0) is 33.4 Å². The minimum atomic E-state index is -5.95. The number of carbonyl (C=O) groups excluding carboxylic acids is 2. The van der Waals surface area contributed by atoms with E-state index in [2.05, 4.69) is 8.92 Å². The number of carbonyl (C=O) groups is 2. The van der Waals surface area contributed by atoms with Gasteiger partial charge >= 0.3 is 21.6 Å². The van der Waals surface area contributed by atoms with Gasteiger partial charge in [0.1, 0.15) is 17.5 Å². The van der Waals surface area contributed by atoms with Gasteiger partial charge in [-0.05, 0) is 0 Å². The van der Waals surface area contributed by atoms with Crippen LogP contribution in [0.15, 0.2) is 0 Å². The summed E-state index contributed by atoms with van der Waals surface area (Å²) in [5, 5.41) is -0.589. The average molecular weight is 391 g/mol. The quantitative estimate of drug-likeness (QED) is 0.283. The molecular weight excluding hydrogens is 379 g/mol. The lowest BCUT2D eigenvalue weighted by molar-refractivity contribution is -0.155. The lowest BCUT2D eigenvalue weighted by Gasteiger charge is -2.28. The second kappa shape index (κ2) is 5.75. The van der Waals surface area contributed by atoms with Gasteiger partial charge in [0, 0.05) is 12.2 Å². The first-order valence-electron chi connectivity index (χ1n) is 6.73. The van der Waals surface area contributed by atoms with Crippen LogP contribution < -0.4 is 0 Å². The highest BCUT2D eigenvalue weighted by Crippen LogP contribution is 2.46. The number of hydrogen-bond donors (Lipinski definition) is 0. The lowest BCUT2D eigenvalue weighted by Crippen LogP contribution is -2.51. The van der Waals surface area contributed by atoms with Gasteiger partial charge in [0.15, 0.2) is 6.10 Å². The molecule has 0 aliphatic carbocycles. The molecule has 3 heterocycles. The molecule has 0 radical (unpaired) electrons. The van der Waals surface area contributed by atoms with Crippen molar-refractivity contribution in [3.05, 3.63) is 0 Å². The number of halogens is 3. The van der Waals surface area contributed by atoms with Gasteiger partial charge in [-0.1, -0.05) is 0 Å². The summed E-state index contributed by atoms with van der Waals surface area (Å²) in [6.45, 7) is 0. The van der Waals surface area contributed by atoms with Gasteiger partial charge < -0.3 is 14.4 Å². The lowest BCUT2D eigenvalue weighted by atomic mass is 10.2. The van der Waals surface area contributed by atoms with E-state index in [4.69, 9.17) is 4.74 Å². The van der Waals surface area contributed by atoms with Crippen molar-refractivity contribution >= 4 is 33.8 Å². The molecule has 5 atom stereocenters. The summed E-state index contributed by atoms with van der Waals surface area (Å²) >= 11 is 1.22. The molecule has 0 spiro atoms. The summed E-state index contributed by atoms with van der Waals surface area (Å²) in [5.41, 5.74) is -5.65. The Morgan fingerprint density at radius 3 is 2.67 bits per heavy atom. The SMILES string of the molecule is COC(=O)[C@@H]1CS[C@@H]2[C@@H]3O[C@@H]3C[C@H](OS(=O)(=O)C(F)(F)F)C(=O)N21. The number of rotatable bonds is 3. The fraction of sp³-hybridized carbons (Fsp3) is 0.818. The van der Waals surface area contributed by atoms with Gasteiger partial charge in [0.2, 0.25) is 0 Å². The number of esters is 1. The van der Waals surface area contributed by atoms with Crippen LogP contribution in [0.1, 0.15) is 6.42 Å². The molecule has 8 nitrogen and oxygen atoms in total. The van der Waals surface area contributed by atoms with Crippen molar-refractivity contribution in [2.75, 3.05) is 12.9 Å². The number of ether oxygens (including phenoxy) is 2. The minimum absolute atomic E-state index is 0.175. The number of fused-ring (bicyclic) bond motifs is 3. The highest BCUT2D eigenvalue weighted by atomic mass is 32.2. The molecule has 3 saturated heterocycles. The summed E-state index contributed by atoms with van der Waals surface area (Å²) in [6.07, 6.45) is -3.31. The molecule has 0 N–H and O–H groups in total. The van der Waals surface area contributed by atoms with Crippen LogP contribution in [0.3, 0.4) is 0 Å². The Balaban J connectivity index is 1.87. The number of hydrogen-bond acceptors (Lipinski definition) is 8. The fourth-order valence-corrected chi connectivity index (χ4v) is 4.83. The van der Waals surface area contributed by atoms with E-state index in [1.807, 2.05) is 0 Å². The molecule has 0 bridgehead atoms. The van der Waals surface area contributed by atoms with Crippen molar-refractivity contribution in [1.82, 2.24) is 4.90 Å². The van der Waals surface area contributed by atoms with Gasteiger partial charge in [0.05, 0.1) is 13.2 Å². The van der Waals surface area contributed by atoms with Crippen LogP contribution in [0.2, 0.25) is 0 Å². The molecule has 3 fully saturated rings. The van der Waals surface area contributed by atoms with Crippen molar-refractivity contribution in [3.63, 3.8) is 0 Å². The van der Waals surface area contributed by atoms with Crippen LogP contribution in [0.4, 0.5) is 13.2 Å². The van der Waals surface area contributed by atoms with Crippen LogP contribution in [0, 0.1) is 0 Å². The minimum Gasteiger partial charge on any atom is -0.467 e. The first kappa shape index (κ1) is 17.8. The summed E-state index contributed by atoms with van der Waals surface area (Å²) in [7, 11) is -4.84. The monoisotopic (exact) mass is 391 g/mol. The summed E-state index contributed by atoms with van der Waals surface area (Å²) in [4.78, 5) is 25.3. The van der Waals surface area contributed by atoms with Crippen molar-refractivity contribution in [2.24, 2.45) is 0 Å². The van der Waals surface area contributed by atoms with Gasteiger partial charge in [-0.15, -0.1) is 11.8 Å². The maximum Gasteiger partial charge on any atom is 0.523 e. The first-order valence-corrected chi connectivity index (χ1v) is 9.19. The first-order chi connectivity index (χ1) is 11.1. The van der Waals surface area contributed by atoms with Crippen LogP contribution >= 0.6 is 11.8 Å². The van der Waals surface area contributed by atoms with Gasteiger partial charge in [-0.2, -0.15) is 21.6 Å². The van der Waals surface area contributed by atoms with Gasteiger partial charge in [-0.3, -0.25) is 4.79 Å². The molecule has 3 aliphatic rings. The molecule has 0 saturated carbocycles. The summed E-state index contributed by atoms with van der Waals surface area (Å²) in [6, 6.07) is -1.03. The Hall–Kier alpha value is -1.05. The zero-order chi connectivity index (χ0) is 17.9. The van der Waals surface area contributed by atoms with E-state index in [0.29, 0.717) is 0 Å². The Labute approximate surface area is 138 Å². The standard InChI is InChI=1S/C11H12F3NO7S2/c1-20-10(17)4-3-23-9-7-5(21-7)2-6(8(16)15(4)9)22-24(18,19)11(12,13)14/h4-7,9H,2-3H2,1H3/t4-,5+,6-,7+,9+/m0/s1. The van der Waals surface area contributed by atoms with Crippen molar-refractivity contribution in [3.8, 4) is 0 Å². The Bertz CT molecular complexity index is 667. The third-order valence-electron chi connectivity index (χ3n) is 3.91. The molecule has 3 rings (SSSR count). The molecule has 3 aliphatic heterocycles. The number of amides is 1. The molecule has 0 aromatic rings. The highest BCUT2D eigenvalue weighted by molar-refractivity contribution is 8.00. The van der Waals surface area contributed by atoms with Crippen LogP contribution in [0.25, 0.3) is 0 Å². The Kier molecular flexibility index (Phi) is 4.25. The van der Waals surface area contributed by atoms with E-state index >= 15 is 0 Å². The summed E-state index contributed by atoms with van der Waals surface area (Å²) in [5.74, 6) is -1.56. The third kappa shape index (κ3) is 2.86. The molecule has 1 amide bonds. The fourth-order valence-electron chi connectivity index (χ4n) is 2.74. The molecular formula is C11H12F3NO7S2. The van der Waals surface area contributed by atoms with Crippen LogP contribution in [-0.4, -0.2) is 73.3 Å². The second-order valence-corrected chi connectivity index (χ2v) is 8.08. The Morgan fingerprint density at radius 2 is 2.08 bits per heavy atom.